The predicted octanol–water partition coefficient (Wildman–Crippen LogP) is 3.14. The van der Waals surface area contributed by atoms with Gasteiger partial charge in [-0.2, -0.15) is 0 Å². The van der Waals surface area contributed by atoms with E-state index in [0.717, 1.165) is 12.2 Å². The first-order valence-electron chi connectivity index (χ1n) is 4.42. The van der Waals surface area contributed by atoms with Crippen LogP contribution in [0.25, 0.3) is 0 Å². The van der Waals surface area contributed by atoms with Crippen LogP contribution < -0.4 is 0 Å². The highest BCUT2D eigenvalue weighted by Crippen LogP contribution is 2.32. The van der Waals surface area contributed by atoms with Crippen molar-refractivity contribution in [2.24, 2.45) is 0 Å². The molecule has 1 aliphatic heterocycles. The van der Waals surface area contributed by atoms with Crippen LogP contribution in [0, 0.1) is 0 Å². The highest BCUT2D eigenvalue weighted by molar-refractivity contribution is 5.21. The SMILES string of the molecule is CC1=CCC2=C(CCCC2)O1. The first kappa shape index (κ1) is 6.96. The maximum absolute atomic E-state index is 5.63. The Labute approximate surface area is 67.7 Å². The predicted molar refractivity (Wildman–Crippen MR) is 45.0 cm³/mol. The van der Waals surface area contributed by atoms with Crippen molar-refractivity contribution in [2.75, 3.05) is 0 Å². The number of ether oxygens (including phenoxy) is 1. The van der Waals surface area contributed by atoms with Gasteiger partial charge in [0.05, 0.1) is 5.76 Å². The van der Waals surface area contributed by atoms with Crippen LogP contribution in [0.1, 0.15) is 39.0 Å². The number of rotatable bonds is 0. The normalized spacial score (nSPS) is 23.9. The van der Waals surface area contributed by atoms with Crippen LogP contribution in [0.5, 0.6) is 0 Å². The lowest BCUT2D eigenvalue weighted by Crippen LogP contribution is -2.06. The third-order valence-corrected chi connectivity index (χ3v) is 2.45. The summed E-state index contributed by atoms with van der Waals surface area (Å²) in [5, 5.41) is 0. The van der Waals surface area contributed by atoms with E-state index in [2.05, 4.69) is 6.08 Å². The third kappa shape index (κ3) is 1.32. The summed E-state index contributed by atoms with van der Waals surface area (Å²) in [5.41, 5.74) is 1.54. The minimum absolute atomic E-state index is 1.09. The molecule has 0 fully saturated rings. The fourth-order valence-electron chi connectivity index (χ4n) is 1.78. The summed E-state index contributed by atoms with van der Waals surface area (Å²) in [4.78, 5) is 0. The third-order valence-electron chi connectivity index (χ3n) is 2.45. The van der Waals surface area contributed by atoms with E-state index in [4.69, 9.17) is 4.74 Å². The molecule has 0 atom stereocenters. The van der Waals surface area contributed by atoms with Gasteiger partial charge in [-0.3, -0.25) is 0 Å². The lowest BCUT2D eigenvalue weighted by Gasteiger charge is -2.23. The van der Waals surface area contributed by atoms with E-state index in [1.165, 1.54) is 31.4 Å². The Hall–Kier alpha value is -0.720. The molecular formula is C10H14O. The average Bonchev–Trinajstić information content (AvgIpc) is 2.04. The van der Waals surface area contributed by atoms with Crippen LogP contribution in [0.4, 0.5) is 0 Å². The van der Waals surface area contributed by atoms with Gasteiger partial charge in [-0.05, 0) is 44.3 Å². The Balaban J connectivity index is 2.16. The van der Waals surface area contributed by atoms with Gasteiger partial charge in [0.25, 0.3) is 0 Å². The van der Waals surface area contributed by atoms with E-state index < -0.39 is 0 Å². The van der Waals surface area contributed by atoms with E-state index in [9.17, 15) is 0 Å². The molecule has 0 aromatic rings. The zero-order valence-corrected chi connectivity index (χ0v) is 7.02. The molecule has 1 nitrogen and oxygen atoms in total. The lowest BCUT2D eigenvalue weighted by molar-refractivity contribution is 0.264. The molecule has 1 heterocycles. The first-order chi connectivity index (χ1) is 5.36. The molecular weight excluding hydrogens is 136 g/mol. The van der Waals surface area contributed by atoms with Gasteiger partial charge in [0, 0.05) is 6.42 Å². The summed E-state index contributed by atoms with van der Waals surface area (Å²) < 4.78 is 5.63. The molecule has 1 aliphatic carbocycles. The van der Waals surface area contributed by atoms with E-state index >= 15 is 0 Å². The fourth-order valence-corrected chi connectivity index (χ4v) is 1.78. The van der Waals surface area contributed by atoms with E-state index in [1.807, 2.05) is 6.92 Å². The molecule has 11 heavy (non-hydrogen) atoms. The van der Waals surface area contributed by atoms with Gasteiger partial charge in [-0.25, -0.2) is 0 Å². The monoisotopic (exact) mass is 150 g/mol. The van der Waals surface area contributed by atoms with Crippen molar-refractivity contribution < 1.29 is 4.74 Å². The second-order valence-electron chi connectivity index (χ2n) is 3.35. The lowest BCUT2D eigenvalue weighted by atomic mass is 9.94. The largest absolute Gasteiger partial charge is 0.467 e. The molecule has 0 aromatic carbocycles. The second-order valence-corrected chi connectivity index (χ2v) is 3.35. The van der Waals surface area contributed by atoms with E-state index in [0.29, 0.717) is 0 Å². The van der Waals surface area contributed by atoms with Crippen molar-refractivity contribution in [3.63, 3.8) is 0 Å². The molecule has 0 saturated carbocycles. The topological polar surface area (TPSA) is 9.23 Å². The summed E-state index contributed by atoms with van der Waals surface area (Å²) in [5.74, 6) is 2.36. The second kappa shape index (κ2) is 2.72. The Morgan fingerprint density at radius 1 is 1.27 bits per heavy atom. The Kier molecular flexibility index (Phi) is 1.72. The molecule has 0 saturated heterocycles. The van der Waals surface area contributed by atoms with E-state index in [1.54, 1.807) is 5.57 Å². The summed E-state index contributed by atoms with van der Waals surface area (Å²) in [6.07, 6.45) is 8.42. The molecule has 0 bridgehead atoms. The van der Waals surface area contributed by atoms with Crippen molar-refractivity contribution in [1.82, 2.24) is 0 Å². The minimum atomic E-state index is 1.09. The number of hydrogen-bond acceptors (Lipinski definition) is 1. The van der Waals surface area contributed by atoms with Crippen molar-refractivity contribution in [3.8, 4) is 0 Å². The van der Waals surface area contributed by atoms with Gasteiger partial charge in [0.1, 0.15) is 5.76 Å². The number of hydrogen-bond donors (Lipinski definition) is 0. The fraction of sp³-hybridized carbons (Fsp3) is 0.600. The molecule has 0 unspecified atom stereocenters. The zero-order valence-electron chi connectivity index (χ0n) is 7.02. The van der Waals surface area contributed by atoms with Gasteiger partial charge in [0.2, 0.25) is 0 Å². The van der Waals surface area contributed by atoms with Gasteiger partial charge >= 0.3 is 0 Å². The van der Waals surface area contributed by atoms with E-state index in [-0.39, 0.29) is 0 Å². The van der Waals surface area contributed by atoms with Crippen LogP contribution in [-0.4, -0.2) is 0 Å². The van der Waals surface area contributed by atoms with Crippen LogP contribution in [0.15, 0.2) is 23.2 Å². The Morgan fingerprint density at radius 3 is 3.00 bits per heavy atom. The number of allylic oxidation sites excluding steroid dienone is 4. The van der Waals surface area contributed by atoms with Crippen LogP contribution in [-0.2, 0) is 4.74 Å². The van der Waals surface area contributed by atoms with Crippen LogP contribution in [0.3, 0.4) is 0 Å². The molecule has 0 spiro atoms. The van der Waals surface area contributed by atoms with Crippen molar-refractivity contribution in [2.45, 2.75) is 39.0 Å². The molecule has 2 rings (SSSR count). The summed E-state index contributed by atoms with van der Waals surface area (Å²) in [6.45, 7) is 2.04. The van der Waals surface area contributed by atoms with Crippen molar-refractivity contribution in [3.05, 3.63) is 23.2 Å². The van der Waals surface area contributed by atoms with Gasteiger partial charge in [-0.15, -0.1) is 0 Å². The van der Waals surface area contributed by atoms with Crippen molar-refractivity contribution >= 4 is 0 Å². The molecule has 0 amide bonds. The maximum atomic E-state index is 5.63. The Bertz CT molecular complexity index is 223. The van der Waals surface area contributed by atoms with Gasteiger partial charge in [0.15, 0.2) is 0 Å². The first-order valence-corrected chi connectivity index (χ1v) is 4.42. The zero-order chi connectivity index (χ0) is 7.68. The standard InChI is InChI=1S/C10H14O/c1-8-6-7-9-4-2-3-5-10(9)11-8/h6H,2-5,7H2,1H3. The molecule has 0 N–H and O–H groups in total. The Morgan fingerprint density at radius 2 is 2.09 bits per heavy atom. The summed E-state index contributed by atoms with van der Waals surface area (Å²) >= 11 is 0. The summed E-state index contributed by atoms with van der Waals surface area (Å²) in [6, 6.07) is 0. The maximum Gasteiger partial charge on any atom is 0.103 e. The molecule has 2 aliphatic rings. The molecule has 1 heteroatoms. The van der Waals surface area contributed by atoms with Crippen LogP contribution >= 0.6 is 0 Å². The quantitative estimate of drug-likeness (QED) is 0.515. The van der Waals surface area contributed by atoms with Crippen molar-refractivity contribution in [1.29, 1.82) is 0 Å². The molecule has 0 radical (unpaired) electrons. The molecule has 0 aromatic heterocycles. The minimum Gasteiger partial charge on any atom is -0.467 e. The highest BCUT2D eigenvalue weighted by Gasteiger charge is 2.16. The average molecular weight is 150 g/mol. The molecule has 60 valence electrons. The van der Waals surface area contributed by atoms with Crippen LogP contribution in [0.2, 0.25) is 0 Å². The summed E-state index contributed by atoms with van der Waals surface area (Å²) in [7, 11) is 0. The van der Waals surface area contributed by atoms with Gasteiger partial charge in [-0.1, -0.05) is 0 Å². The highest BCUT2D eigenvalue weighted by atomic mass is 16.5. The smallest absolute Gasteiger partial charge is 0.103 e. The van der Waals surface area contributed by atoms with Gasteiger partial charge < -0.3 is 4.74 Å².